The zero-order chi connectivity index (χ0) is 24.1. The number of fused-ring (bicyclic) bond motifs is 2. The summed E-state index contributed by atoms with van der Waals surface area (Å²) < 4.78 is 40.5. The molecule has 1 saturated heterocycles. The van der Waals surface area contributed by atoms with Crippen molar-refractivity contribution >= 4 is 23.6 Å². The molecule has 2 aliphatic heterocycles. The van der Waals surface area contributed by atoms with Crippen LogP contribution in [0.3, 0.4) is 0 Å². The number of aromatic nitrogens is 1. The summed E-state index contributed by atoms with van der Waals surface area (Å²) in [4.78, 5) is 32.2. The predicted octanol–water partition coefficient (Wildman–Crippen LogP) is 3.84. The largest absolute Gasteiger partial charge is 0.507 e. The number of aromatic hydroxyl groups is 1. The minimum Gasteiger partial charge on any atom is -0.507 e. The summed E-state index contributed by atoms with van der Waals surface area (Å²) in [6.07, 6.45) is -0.528. The number of halogens is 3. The summed E-state index contributed by atoms with van der Waals surface area (Å²) in [5, 5.41) is 9.77. The second-order valence-electron chi connectivity index (χ2n) is 8.79. The van der Waals surface area contributed by atoms with Crippen LogP contribution in [0.5, 0.6) is 11.5 Å². The first-order chi connectivity index (χ1) is 15.5. The van der Waals surface area contributed by atoms with E-state index < -0.39 is 52.3 Å². The van der Waals surface area contributed by atoms with Crippen LogP contribution in [0.25, 0.3) is 11.3 Å². The van der Waals surface area contributed by atoms with Gasteiger partial charge >= 0.3 is 6.09 Å². The third-order valence-corrected chi connectivity index (χ3v) is 5.66. The second-order valence-corrected chi connectivity index (χ2v) is 9.17. The van der Waals surface area contributed by atoms with E-state index in [1.54, 1.807) is 20.8 Å². The van der Waals surface area contributed by atoms with Crippen molar-refractivity contribution in [3.05, 3.63) is 40.6 Å². The summed E-state index contributed by atoms with van der Waals surface area (Å²) in [5.74, 6) is -3.55. The fraction of sp³-hybridized carbons (Fsp3) is 0.409. The molecule has 2 aromatic rings. The Bertz CT molecular complexity index is 1120. The molecular formula is C22H22ClF2N3O5. The van der Waals surface area contributed by atoms with Gasteiger partial charge in [0.1, 0.15) is 40.1 Å². The first kappa shape index (κ1) is 23.0. The lowest BCUT2D eigenvalue weighted by Crippen LogP contribution is -2.58. The standard InChI is InChI=1S/C22H22ClF2N3O5/c1-22(2,3)33-21(31)27-7-8-28-11(9-27)10-32-18-15(20(28)30)19(25)26-17(16(18)23)14-12(24)5-4-6-13(14)29/h4-6,11,29H,7-10H2,1-3H3/t11-/m1/s1. The number of hydrogen-bond donors (Lipinski definition) is 1. The number of rotatable bonds is 1. The molecule has 0 spiro atoms. The van der Waals surface area contributed by atoms with Crippen LogP contribution in [-0.4, -0.2) is 69.8 Å². The molecule has 0 unspecified atom stereocenters. The maximum absolute atomic E-state index is 15.1. The smallest absolute Gasteiger partial charge is 0.410 e. The van der Waals surface area contributed by atoms with E-state index in [4.69, 9.17) is 21.1 Å². The molecule has 0 aliphatic carbocycles. The van der Waals surface area contributed by atoms with Gasteiger partial charge in [-0.3, -0.25) is 4.79 Å². The number of amides is 2. The van der Waals surface area contributed by atoms with Gasteiger partial charge in [0, 0.05) is 19.6 Å². The second kappa shape index (κ2) is 8.33. The molecule has 33 heavy (non-hydrogen) atoms. The average molecular weight is 482 g/mol. The van der Waals surface area contributed by atoms with Gasteiger partial charge < -0.3 is 24.4 Å². The van der Waals surface area contributed by atoms with Crippen LogP contribution >= 0.6 is 11.6 Å². The van der Waals surface area contributed by atoms with E-state index in [-0.39, 0.29) is 42.7 Å². The van der Waals surface area contributed by atoms with E-state index in [1.165, 1.54) is 21.9 Å². The summed E-state index contributed by atoms with van der Waals surface area (Å²) >= 11 is 6.38. The van der Waals surface area contributed by atoms with Gasteiger partial charge in [0.15, 0.2) is 5.75 Å². The van der Waals surface area contributed by atoms with Gasteiger partial charge in [-0.15, -0.1) is 0 Å². The van der Waals surface area contributed by atoms with Crippen LogP contribution in [0.1, 0.15) is 31.1 Å². The van der Waals surface area contributed by atoms with Crippen molar-refractivity contribution in [2.45, 2.75) is 32.4 Å². The quantitative estimate of drug-likeness (QED) is 0.622. The van der Waals surface area contributed by atoms with Gasteiger partial charge in [-0.25, -0.2) is 14.2 Å². The van der Waals surface area contributed by atoms with Crippen LogP contribution in [0.4, 0.5) is 13.6 Å². The zero-order valence-electron chi connectivity index (χ0n) is 18.2. The topological polar surface area (TPSA) is 92.2 Å². The Morgan fingerprint density at radius 2 is 2.00 bits per heavy atom. The van der Waals surface area contributed by atoms with E-state index in [0.29, 0.717) is 0 Å². The molecule has 1 N–H and O–H groups in total. The average Bonchev–Trinajstić information content (AvgIpc) is 2.87. The van der Waals surface area contributed by atoms with Gasteiger partial charge in [0.2, 0.25) is 5.95 Å². The molecule has 0 radical (unpaired) electrons. The molecule has 1 aromatic heterocycles. The monoisotopic (exact) mass is 481 g/mol. The summed E-state index contributed by atoms with van der Waals surface area (Å²) in [5.41, 5.74) is -1.95. The number of pyridine rings is 1. The highest BCUT2D eigenvalue weighted by Gasteiger charge is 2.41. The van der Waals surface area contributed by atoms with Gasteiger partial charge in [0.25, 0.3) is 5.91 Å². The number of piperazine rings is 1. The number of carbonyl (C=O) groups is 2. The van der Waals surface area contributed by atoms with Gasteiger partial charge in [0.05, 0.1) is 11.6 Å². The van der Waals surface area contributed by atoms with Crippen molar-refractivity contribution in [3.63, 3.8) is 0 Å². The van der Waals surface area contributed by atoms with Gasteiger partial charge in [-0.2, -0.15) is 4.39 Å². The lowest BCUT2D eigenvalue weighted by molar-refractivity contribution is 0.000892. The number of benzene rings is 1. The number of phenolic OH excluding ortho intramolecular Hbond substituents is 1. The molecule has 2 amide bonds. The Labute approximate surface area is 193 Å². The molecule has 1 aromatic carbocycles. The lowest BCUT2D eigenvalue weighted by Gasteiger charge is -2.40. The molecule has 0 saturated carbocycles. The zero-order valence-corrected chi connectivity index (χ0v) is 18.9. The summed E-state index contributed by atoms with van der Waals surface area (Å²) in [7, 11) is 0. The molecule has 4 rings (SSSR count). The number of carbonyl (C=O) groups excluding carboxylic acids is 2. The van der Waals surface area contributed by atoms with Crippen molar-refractivity contribution in [2.75, 3.05) is 26.2 Å². The number of ether oxygens (including phenoxy) is 2. The van der Waals surface area contributed by atoms with E-state index in [9.17, 15) is 19.1 Å². The molecule has 1 atom stereocenters. The van der Waals surface area contributed by atoms with Crippen LogP contribution in [0.15, 0.2) is 18.2 Å². The Balaban J connectivity index is 1.68. The minimum absolute atomic E-state index is 0.0933. The third-order valence-electron chi connectivity index (χ3n) is 5.31. The van der Waals surface area contributed by atoms with Gasteiger partial charge in [-0.05, 0) is 32.9 Å². The van der Waals surface area contributed by atoms with Crippen LogP contribution in [-0.2, 0) is 4.74 Å². The fourth-order valence-electron chi connectivity index (χ4n) is 3.83. The SMILES string of the molecule is CC(C)(C)OC(=O)N1CCN2C(=O)c3c(F)nc(-c4c(O)cccc4F)c(Cl)c3OC[C@H]2C1. The summed E-state index contributed by atoms with van der Waals surface area (Å²) in [6, 6.07) is 2.95. The molecule has 11 heteroatoms. The summed E-state index contributed by atoms with van der Waals surface area (Å²) in [6.45, 7) is 5.58. The highest BCUT2D eigenvalue weighted by Crippen LogP contribution is 2.43. The van der Waals surface area contributed by atoms with E-state index in [1.807, 2.05) is 0 Å². The molecule has 0 bridgehead atoms. The predicted molar refractivity (Wildman–Crippen MR) is 114 cm³/mol. The van der Waals surface area contributed by atoms with Crippen molar-refractivity contribution in [2.24, 2.45) is 0 Å². The molecule has 1 fully saturated rings. The van der Waals surface area contributed by atoms with Crippen LogP contribution in [0, 0.1) is 11.8 Å². The maximum atomic E-state index is 15.1. The highest BCUT2D eigenvalue weighted by molar-refractivity contribution is 6.35. The minimum atomic E-state index is -1.20. The van der Waals surface area contributed by atoms with Crippen molar-refractivity contribution in [1.82, 2.24) is 14.8 Å². The molecule has 8 nitrogen and oxygen atoms in total. The highest BCUT2D eigenvalue weighted by atomic mass is 35.5. The van der Waals surface area contributed by atoms with Crippen LogP contribution in [0.2, 0.25) is 5.02 Å². The van der Waals surface area contributed by atoms with E-state index in [2.05, 4.69) is 4.98 Å². The van der Waals surface area contributed by atoms with Crippen LogP contribution < -0.4 is 4.74 Å². The Morgan fingerprint density at radius 1 is 1.27 bits per heavy atom. The molecule has 3 heterocycles. The number of nitrogens with zero attached hydrogens (tertiary/aromatic N) is 3. The number of phenols is 1. The van der Waals surface area contributed by atoms with Crippen molar-refractivity contribution < 1.29 is 33.0 Å². The fourth-order valence-corrected chi connectivity index (χ4v) is 4.11. The Kier molecular flexibility index (Phi) is 5.81. The molecule has 176 valence electrons. The Morgan fingerprint density at radius 3 is 2.67 bits per heavy atom. The van der Waals surface area contributed by atoms with E-state index >= 15 is 4.39 Å². The number of hydrogen-bond acceptors (Lipinski definition) is 6. The Hall–Kier alpha value is -3.14. The van der Waals surface area contributed by atoms with Crippen molar-refractivity contribution in [3.8, 4) is 22.8 Å². The first-order valence-corrected chi connectivity index (χ1v) is 10.6. The maximum Gasteiger partial charge on any atom is 0.410 e. The molecular weight excluding hydrogens is 460 g/mol. The first-order valence-electron chi connectivity index (χ1n) is 10.3. The third kappa shape index (κ3) is 4.27. The van der Waals surface area contributed by atoms with Crippen molar-refractivity contribution in [1.29, 1.82) is 0 Å². The normalized spacial score (nSPS) is 18.2. The lowest BCUT2D eigenvalue weighted by atomic mass is 10.1. The van der Waals surface area contributed by atoms with Gasteiger partial charge in [-0.1, -0.05) is 17.7 Å². The van der Waals surface area contributed by atoms with E-state index in [0.717, 1.165) is 6.07 Å². The molecule has 2 aliphatic rings.